The van der Waals surface area contributed by atoms with Gasteiger partial charge in [0.25, 0.3) is 0 Å². The number of halogens is 3. The molecule has 1 atom stereocenters. The van der Waals surface area contributed by atoms with E-state index in [4.69, 9.17) is 34.8 Å². The molecule has 0 bridgehead atoms. The van der Waals surface area contributed by atoms with Crippen LogP contribution in [0.1, 0.15) is 31.0 Å². The van der Waals surface area contributed by atoms with Gasteiger partial charge >= 0.3 is 0 Å². The molecule has 2 nitrogen and oxygen atoms in total. The molecule has 1 aromatic heterocycles. The molecule has 0 N–H and O–H groups in total. The number of imidazole rings is 1. The Morgan fingerprint density at radius 3 is 2.61 bits per heavy atom. The Labute approximate surface area is 121 Å². The topological polar surface area (TPSA) is 17.8 Å². The van der Waals surface area contributed by atoms with Gasteiger partial charge in [0.15, 0.2) is 0 Å². The molecule has 1 aliphatic carbocycles. The maximum Gasteiger partial charge on any atom is 0.127 e. The minimum absolute atomic E-state index is 0.117. The molecular formula is C13H13Cl3N2. The van der Waals surface area contributed by atoms with Gasteiger partial charge < -0.3 is 4.57 Å². The summed E-state index contributed by atoms with van der Waals surface area (Å²) in [5.74, 6) is 1.66. The van der Waals surface area contributed by atoms with Crippen LogP contribution in [0.3, 0.4) is 0 Å². The Morgan fingerprint density at radius 2 is 2.00 bits per heavy atom. The van der Waals surface area contributed by atoms with Crippen LogP contribution >= 0.6 is 34.8 Å². The van der Waals surface area contributed by atoms with Crippen molar-refractivity contribution in [1.82, 2.24) is 9.55 Å². The van der Waals surface area contributed by atoms with Gasteiger partial charge in [-0.05, 0) is 37.8 Å². The van der Waals surface area contributed by atoms with Gasteiger partial charge in [0.1, 0.15) is 5.82 Å². The first-order chi connectivity index (χ1) is 8.56. The standard InChI is InChI=1S/C13H13Cl3N2/c1-7(14)13-17-11-4-9(15)10(16)5-12(11)18(13)6-8-2-3-8/h4-5,7-8H,2-3,6H2,1H3. The smallest absolute Gasteiger partial charge is 0.127 e. The van der Waals surface area contributed by atoms with Gasteiger partial charge in [-0.15, -0.1) is 11.6 Å². The molecule has 0 radical (unpaired) electrons. The summed E-state index contributed by atoms with van der Waals surface area (Å²) in [5.41, 5.74) is 1.89. The number of fused-ring (bicyclic) bond motifs is 1. The first-order valence-electron chi connectivity index (χ1n) is 6.05. The summed E-state index contributed by atoms with van der Waals surface area (Å²) in [6.07, 6.45) is 2.58. The van der Waals surface area contributed by atoms with E-state index in [1.807, 2.05) is 19.1 Å². The minimum atomic E-state index is -0.117. The van der Waals surface area contributed by atoms with Crippen LogP contribution in [0, 0.1) is 5.92 Å². The molecule has 1 unspecified atom stereocenters. The van der Waals surface area contributed by atoms with Crippen LogP contribution in [0.5, 0.6) is 0 Å². The normalized spacial score (nSPS) is 17.3. The second-order valence-corrected chi connectivity index (χ2v) is 6.36. The SMILES string of the molecule is CC(Cl)c1nc2cc(Cl)c(Cl)cc2n1CC1CC1. The van der Waals surface area contributed by atoms with Crippen LogP contribution in [0.4, 0.5) is 0 Å². The number of alkyl halides is 1. The summed E-state index contributed by atoms with van der Waals surface area (Å²) in [7, 11) is 0. The van der Waals surface area contributed by atoms with Crippen molar-refractivity contribution in [2.24, 2.45) is 5.92 Å². The lowest BCUT2D eigenvalue weighted by molar-refractivity contribution is 0.610. The first-order valence-corrected chi connectivity index (χ1v) is 7.24. The minimum Gasteiger partial charge on any atom is -0.326 e. The highest BCUT2D eigenvalue weighted by atomic mass is 35.5. The fourth-order valence-electron chi connectivity index (χ4n) is 2.19. The maximum absolute atomic E-state index is 6.21. The Bertz CT molecular complexity index is 600. The van der Waals surface area contributed by atoms with Crippen LogP contribution in [-0.4, -0.2) is 9.55 Å². The molecular weight excluding hydrogens is 291 g/mol. The van der Waals surface area contributed by atoms with Crippen LogP contribution in [-0.2, 0) is 6.54 Å². The average Bonchev–Trinajstić information content (AvgIpc) is 3.05. The maximum atomic E-state index is 6.21. The van der Waals surface area contributed by atoms with Crippen LogP contribution < -0.4 is 0 Å². The zero-order chi connectivity index (χ0) is 12.9. The van der Waals surface area contributed by atoms with E-state index in [0.29, 0.717) is 10.0 Å². The van der Waals surface area contributed by atoms with E-state index in [2.05, 4.69) is 9.55 Å². The third kappa shape index (κ3) is 2.22. The highest BCUT2D eigenvalue weighted by molar-refractivity contribution is 6.42. The van der Waals surface area contributed by atoms with Crippen molar-refractivity contribution >= 4 is 45.8 Å². The fourth-order valence-corrected chi connectivity index (χ4v) is 2.68. The molecule has 0 saturated heterocycles. The Kier molecular flexibility index (Phi) is 3.21. The summed E-state index contributed by atoms with van der Waals surface area (Å²) in [6, 6.07) is 3.70. The van der Waals surface area contributed by atoms with Crippen molar-refractivity contribution in [3.63, 3.8) is 0 Å². The zero-order valence-corrected chi connectivity index (χ0v) is 12.2. The summed E-state index contributed by atoms with van der Waals surface area (Å²) in [4.78, 5) is 4.58. The average molecular weight is 304 g/mol. The first kappa shape index (κ1) is 12.6. The molecule has 0 aliphatic heterocycles. The summed E-state index contributed by atoms with van der Waals surface area (Å²) in [6.45, 7) is 2.91. The van der Waals surface area contributed by atoms with Crippen molar-refractivity contribution < 1.29 is 0 Å². The van der Waals surface area contributed by atoms with E-state index in [1.165, 1.54) is 12.8 Å². The van der Waals surface area contributed by atoms with Gasteiger partial charge in [-0.3, -0.25) is 0 Å². The number of rotatable bonds is 3. The quantitative estimate of drug-likeness (QED) is 0.725. The predicted octanol–water partition coefficient (Wildman–Crippen LogP) is 5.05. The number of nitrogens with zero attached hydrogens (tertiary/aromatic N) is 2. The molecule has 0 amide bonds. The van der Waals surface area contributed by atoms with Crippen LogP contribution in [0.15, 0.2) is 12.1 Å². The van der Waals surface area contributed by atoms with Crippen molar-refractivity contribution in [2.45, 2.75) is 31.7 Å². The van der Waals surface area contributed by atoms with Crippen molar-refractivity contribution in [1.29, 1.82) is 0 Å². The van der Waals surface area contributed by atoms with E-state index in [0.717, 1.165) is 29.3 Å². The van der Waals surface area contributed by atoms with Gasteiger partial charge in [0, 0.05) is 6.54 Å². The third-order valence-corrected chi connectivity index (χ3v) is 4.23. The highest BCUT2D eigenvalue weighted by Crippen LogP contribution is 2.36. The predicted molar refractivity (Wildman–Crippen MR) is 76.7 cm³/mol. The fraction of sp³-hybridized carbons (Fsp3) is 0.462. The third-order valence-electron chi connectivity index (χ3n) is 3.31. The van der Waals surface area contributed by atoms with E-state index in [9.17, 15) is 0 Å². The molecule has 1 aromatic carbocycles. The number of aromatic nitrogens is 2. The van der Waals surface area contributed by atoms with Crippen LogP contribution in [0.2, 0.25) is 10.0 Å². The van der Waals surface area contributed by atoms with Gasteiger partial charge in [-0.25, -0.2) is 4.98 Å². The van der Waals surface area contributed by atoms with Gasteiger partial charge in [0.2, 0.25) is 0 Å². The second-order valence-electron chi connectivity index (χ2n) is 4.90. The summed E-state index contributed by atoms with van der Waals surface area (Å²) >= 11 is 18.3. The number of hydrogen-bond donors (Lipinski definition) is 0. The molecule has 1 heterocycles. The summed E-state index contributed by atoms with van der Waals surface area (Å²) < 4.78 is 2.19. The van der Waals surface area contributed by atoms with Crippen LogP contribution in [0.25, 0.3) is 11.0 Å². The number of benzene rings is 1. The molecule has 96 valence electrons. The van der Waals surface area contributed by atoms with E-state index < -0.39 is 0 Å². The molecule has 18 heavy (non-hydrogen) atoms. The van der Waals surface area contributed by atoms with Gasteiger partial charge in [-0.1, -0.05) is 23.2 Å². The molecule has 5 heteroatoms. The Balaban J connectivity index is 2.19. The summed E-state index contributed by atoms with van der Waals surface area (Å²) in [5, 5.41) is 0.984. The molecule has 1 aliphatic rings. The van der Waals surface area contributed by atoms with E-state index in [1.54, 1.807) is 0 Å². The number of hydrogen-bond acceptors (Lipinski definition) is 1. The monoisotopic (exact) mass is 302 g/mol. The molecule has 0 spiro atoms. The van der Waals surface area contributed by atoms with Crippen molar-refractivity contribution in [3.05, 3.63) is 28.0 Å². The van der Waals surface area contributed by atoms with E-state index >= 15 is 0 Å². The molecule has 1 fully saturated rings. The molecule has 2 aromatic rings. The highest BCUT2D eigenvalue weighted by Gasteiger charge is 2.25. The Hall–Kier alpha value is -0.440. The van der Waals surface area contributed by atoms with Crippen molar-refractivity contribution in [2.75, 3.05) is 0 Å². The van der Waals surface area contributed by atoms with Gasteiger partial charge in [-0.2, -0.15) is 0 Å². The lowest BCUT2D eigenvalue weighted by Crippen LogP contribution is -2.05. The zero-order valence-electron chi connectivity index (χ0n) is 9.96. The second kappa shape index (κ2) is 4.59. The lowest BCUT2D eigenvalue weighted by atomic mass is 10.3. The Morgan fingerprint density at radius 1 is 1.33 bits per heavy atom. The largest absolute Gasteiger partial charge is 0.326 e. The molecule has 1 saturated carbocycles. The lowest BCUT2D eigenvalue weighted by Gasteiger charge is -2.09. The van der Waals surface area contributed by atoms with Crippen molar-refractivity contribution in [3.8, 4) is 0 Å². The molecule has 3 rings (SSSR count). The van der Waals surface area contributed by atoms with E-state index in [-0.39, 0.29) is 5.38 Å². The van der Waals surface area contributed by atoms with Gasteiger partial charge in [0.05, 0.1) is 26.5 Å².